The molecule has 110 valence electrons. The largest absolute Gasteiger partial charge is 0.495 e. The van der Waals surface area contributed by atoms with Crippen molar-refractivity contribution in [3.63, 3.8) is 0 Å². The van der Waals surface area contributed by atoms with E-state index < -0.39 is 0 Å². The lowest BCUT2D eigenvalue weighted by molar-refractivity contribution is 0.246. The summed E-state index contributed by atoms with van der Waals surface area (Å²) in [6, 6.07) is 12.0. The van der Waals surface area contributed by atoms with E-state index in [0.717, 1.165) is 24.4 Å². The maximum atomic E-state index is 6.12. The first-order valence-electron chi connectivity index (χ1n) is 6.99. The molecule has 21 heavy (non-hydrogen) atoms. The molecule has 0 bridgehead atoms. The van der Waals surface area contributed by atoms with Gasteiger partial charge in [0.2, 0.25) is 0 Å². The minimum atomic E-state index is 0.155. The number of methoxy groups -OCH3 is 1. The van der Waals surface area contributed by atoms with E-state index in [0.29, 0.717) is 10.8 Å². The molecule has 0 amide bonds. The maximum Gasteiger partial charge on any atom is 0.137 e. The summed E-state index contributed by atoms with van der Waals surface area (Å²) >= 11 is 6.12. The van der Waals surface area contributed by atoms with E-state index in [1.807, 2.05) is 18.2 Å². The summed E-state index contributed by atoms with van der Waals surface area (Å²) in [6.07, 6.45) is 1.09. The van der Waals surface area contributed by atoms with Crippen molar-refractivity contribution in [3.05, 3.63) is 52.5 Å². The maximum absolute atomic E-state index is 6.12. The molecule has 1 N–H and O–H groups in total. The Morgan fingerprint density at radius 1 is 1.29 bits per heavy atom. The van der Waals surface area contributed by atoms with Crippen molar-refractivity contribution < 1.29 is 9.47 Å². The molecule has 1 unspecified atom stereocenters. The van der Waals surface area contributed by atoms with Crippen LogP contribution in [0.2, 0.25) is 5.02 Å². The van der Waals surface area contributed by atoms with Crippen LogP contribution in [0.1, 0.15) is 11.1 Å². The normalized spacial score (nSPS) is 16.2. The van der Waals surface area contributed by atoms with Gasteiger partial charge in [0.25, 0.3) is 0 Å². The number of nitrogens with one attached hydrogen (secondary N) is 1. The van der Waals surface area contributed by atoms with E-state index in [1.54, 1.807) is 7.11 Å². The summed E-state index contributed by atoms with van der Waals surface area (Å²) in [4.78, 5) is 0. The number of rotatable bonds is 4. The molecule has 0 fully saturated rings. The van der Waals surface area contributed by atoms with Crippen molar-refractivity contribution in [1.29, 1.82) is 0 Å². The highest BCUT2D eigenvalue weighted by Gasteiger charge is 2.22. The van der Waals surface area contributed by atoms with E-state index in [-0.39, 0.29) is 6.10 Å². The Bertz CT molecular complexity index is 657. The van der Waals surface area contributed by atoms with Crippen LogP contribution in [0.15, 0.2) is 36.4 Å². The predicted molar refractivity (Wildman–Crippen MR) is 85.8 cm³/mol. The van der Waals surface area contributed by atoms with Gasteiger partial charge in [-0.05, 0) is 36.8 Å². The van der Waals surface area contributed by atoms with Crippen LogP contribution in [0.25, 0.3) is 0 Å². The number of ether oxygens (including phenoxy) is 2. The molecule has 0 radical (unpaired) electrons. The van der Waals surface area contributed by atoms with Crippen LogP contribution in [0, 0.1) is 6.92 Å². The lowest BCUT2D eigenvalue weighted by Crippen LogP contribution is -2.23. The summed E-state index contributed by atoms with van der Waals surface area (Å²) in [5.74, 6) is 1.68. The molecule has 0 aliphatic carbocycles. The number of hydrogen-bond acceptors (Lipinski definition) is 3. The topological polar surface area (TPSA) is 30.5 Å². The van der Waals surface area contributed by atoms with Crippen LogP contribution in [-0.2, 0) is 6.42 Å². The SMILES string of the molecule is COc1ccc(NCC2Cc3cc(C)ccc3O2)cc1Cl. The average Bonchev–Trinajstić information content (AvgIpc) is 2.87. The van der Waals surface area contributed by atoms with Gasteiger partial charge in [-0.2, -0.15) is 0 Å². The first kappa shape index (κ1) is 14.1. The lowest BCUT2D eigenvalue weighted by Gasteiger charge is -2.13. The highest BCUT2D eigenvalue weighted by atomic mass is 35.5. The van der Waals surface area contributed by atoms with Crippen molar-refractivity contribution in [2.24, 2.45) is 0 Å². The van der Waals surface area contributed by atoms with Gasteiger partial charge in [0.15, 0.2) is 0 Å². The summed E-state index contributed by atoms with van der Waals surface area (Å²) < 4.78 is 11.1. The summed E-state index contributed by atoms with van der Waals surface area (Å²) in [7, 11) is 1.61. The Balaban J connectivity index is 1.61. The molecular formula is C17H18ClNO2. The smallest absolute Gasteiger partial charge is 0.137 e. The molecule has 1 aliphatic heterocycles. The second-order valence-corrected chi connectivity index (χ2v) is 5.69. The molecule has 1 aliphatic rings. The fraction of sp³-hybridized carbons (Fsp3) is 0.294. The van der Waals surface area contributed by atoms with Crippen molar-refractivity contribution in [1.82, 2.24) is 0 Å². The van der Waals surface area contributed by atoms with Crippen LogP contribution in [0.3, 0.4) is 0 Å². The van der Waals surface area contributed by atoms with Gasteiger partial charge in [-0.3, -0.25) is 0 Å². The number of halogens is 1. The molecule has 0 saturated carbocycles. The molecule has 3 nitrogen and oxygen atoms in total. The fourth-order valence-corrected chi connectivity index (χ4v) is 2.83. The van der Waals surface area contributed by atoms with Crippen LogP contribution < -0.4 is 14.8 Å². The van der Waals surface area contributed by atoms with Crippen LogP contribution >= 0.6 is 11.6 Å². The molecule has 3 rings (SSSR count). The standard InChI is InChI=1S/C17H18ClNO2/c1-11-3-5-16-12(7-11)8-14(21-16)10-19-13-4-6-17(20-2)15(18)9-13/h3-7,9,14,19H,8,10H2,1-2H3. The minimum absolute atomic E-state index is 0.155. The Kier molecular flexibility index (Phi) is 3.93. The number of hydrogen-bond donors (Lipinski definition) is 1. The fourth-order valence-electron chi connectivity index (χ4n) is 2.57. The molecule has 2 aromatic carbocycles. The second-order valence-electron chi connectivity index (χ2n) is 5.29. The lowest BCUT2D eigenvalue weighted by atomic mass is 10.1. The van der Waals surface area contributed by atoms with Gasteiger partial charge < -0.3 is 14.8 Å². The molecular weight excluding hydrogens is 286 g/mol. The number of anilines is 1. The average molecular weight is 304 g/mol. The second kappa shape index (κ2) is 5.86. The Morgan fingerprint density at radius 3 is 2.90 bits per heavy atom. The third kappa shape index (κ3) is 3.08. The van der Waals surface area contributed by atoms with Crippen molar-refractivity contribution >= 4 is 17.3 Å². The zero-order valence-corrected chi connectivity index (χ0v) is 12.9. The monoisotopic (exact) mass is 303 g/mol. The van der Waals surface area contributed by atoms with E-state index in [4.69, 9.17) is 21.1 Å². The molecule has 1 heterocycles. The van der Waals surface area contributed by atoms with Gasteiger partial charge >= 0.3 is 0 Å². The van der Waals surface area contributed by atoms with Gasteiger partial charge in [-0.1, -0.05) is 29.3 Å². The third-order valence-corrected chi connectivity index (χ3v) is 3.94. The van der Waals surface area contributed by atoms with Gasteiger partial charge in [-0.25, -0.2) is 0 Å². The van der Waals surface area contributed by atoms with Crippen molar-refractivity contribution in [3.8, 4) is 11.5 Å². The third-order valence-electron chi connectivity index (χ3n) is 3.64. The molecule has 1 atom stereocenters. The van der Waals surface area contributed by atoms with Gasteiger partial charge in [-0.15, -0.1) is 0 Å². The number of aryl methyl sites for hydroxylation is 1. The van der Waals surface area contributed by atoms with Crippen molar-refractivity contribution in [2.45, 2.75) is 19.4 Å². The molecule has 0 aromatic heterocycles. The predicted octanol–water partition coefficient (Wildman–Crippen LogP) is 4.07. The first-order chi connectivity index (χ1) is 10.2. The Labute approximate surface area is 129 Å². The van der Waals surface area contributed by atoms with Gasteiger partial charge in [0.1, 0.15) is 17.6 Å². The van der Waals surface area contributed by atoms with E-state index in [9.17, 15) is 0 Å². The number of fused-ring (bicyclic) bond motifs is 1. The van der Waals surface area contributed by atoms with Crippen LogP contribution in [0.5, 0.6) is 11.5 Å². The van der Waals surface area contributed by atoms with E-state index in [2.05, 4.69) is 30.4 Å². The van der Waals surface area contributed by atoms with Crippen molar-refractivity contribution in [2.75, 3.05) is 19.0 Å². The summed E-state index contributed by atoms with van der Waals surface area (Å²) in [5.41, 5.74) is 3.53. The molecule has 4 heteroatoms. The highest BCUT2D eigenvalue weighted by molar-refractivity contribution is 6.32. The minimum Gasteiger partial charge on any atom is -0.495 e. The zero-order chi connectivity index (χ0) is 14.8. The highest BCUT2D eigenvalue weighted by Crippen LogP contribution is 2.30. The summed E-state index contributed by atoms with van der Waals surface area (Å²) in [6.45, 7) is 2.85. The van der Waals surface area contributed by atoms with E-state index in [1.165, 1.54) is 11.1 Å². The quantitative estimate of drug-likeness (QED) is 0.923. The molecule has 2 aromatic rings. The van der Waals surface area contributed by atoms with Gasteiger partial charge in [0, 0.05) is 12.1 Å². The number of benzene rings is 2. The van der Waals surface area contributed by atoms with Crippen LogP contribution in [0.4, 0.5) is 5.69 Å². The Hall–Kier alpha value is -1.87. The molecule has 0 saturated heterocycles. The summed E-state index contributed by atoms with van der Waals surface area (Å²) in [5, 5.41) is 3.97. The van der Waals surface area contributed by atoms with Crippen LogP contribution in [-0.4, -0.2) is 19.8 Å². The van der Waals surface area contributed by atoms with Gasteiger partial charge in [0.05, 0.1) is 18.7 Å². The molecule has 0 spiro atoms. The zero-order valence-electron chi connectivity index (χ0n) is 12.2. The Morgan fingerprint density at radius 2 is 2.14 bits per heavy atom. The van der Waals surface area contributed by atoms with E-state index >= 15 is 0 Å². The first-order valence-corrected chi connectivity index (χ1v) is 7.37.